The van der Waals surface area contributed by atoms with Crippen molar-refractivity contribution in [1.29, 1.82) is 0 Å². The van der Waals surface area contributed by atoms with Crippen LogP contribution >= 0.6 is 0 Å². The number of carbonyl (C=O) groups excluding carboxylic acids is 1. The van der Waals surface area contributed by atoms with Gasteiger partial charge in [0.05, 0.1) is 18.4 Å². The molecule has 0 aliphatic rings. The largest absolute Gasteiger partial charge is 0.466 e. The van der Waals surface area contributed by atoms with E-state index >= 15 is 0 Å². The molecule has 1 aromatic carbocycles. The van der Waals surface area contributed by atoms with E-state index in [1.54, 1.807) is 19.9 Å². The molecule has 0 saturated carbocycles. The van der Waals surface area contributed by atoms with Crippen molar-refractivity contribution in [2.24, 2.45) is 0 Å². The molecule has 0 spiro atoms. The Morgan fingerprint density at radius 3 is 2.52 bits per heavy atom. The summed E-state index contributed by atoms with van der Waals surface area (Å²) in [5.74, 6) is 1.73. The van der Waals surface area contributed by atoms with Crippen LogP contribution in [-0.2, 0) is 35.0 Å². The van der Waals surface area contributed by atoms with Crippen LogP contribution in [0.4, 0.5) is 13.2 Å². The minimum absolute atomic E-state index is 0.0314. The lowest BCUT2D eigenvalue weighted by molar-refractivity contribution is -0.142. The molecule has 0 bridgehead atoms. The van der Waals surface area contributed by atoms with Gasteiger partial charge >= 0.3 is 12.1 Å². The fourth-order valence-corrected chi connectivity index (χ4v) is 2.87. The summed E-state index contributed by atoms with van der Waals surface area (Å²) in [7, 11) is 0. The topological polar surface area (TPSA) is 65.5 Å². The first-order valence-corrected chi connectivity index (χ1v) is 9.12. The van der Waals surface area contributed by atoms with E-state index < -0.39 is 11.7 Å². The Balaban J connectivity index is 1.64. The number of hydrogen-bond acceptors (Lipinski definition) is 5. The van der Waals surface area contributed by atoms with Gasteiger partial charge in [-0.3, -0.25) is 4.79 Å². The molecule has 0 radical (unpaired) electrons. The molecule has 0 N–H and O–H groups in total. The van der Waals surface area contributed by atoms with E-state index in [-0.39, 0.29) is 12.4 Å². The van der Waals surface area contributed by atoms with Crippen molar-refractivity contribution in [3.63, 3.8) is 0 Å². The maximum atomic E-state index is 12.7. The maximum Gasteiger partial charge on any atom is 0.416 e. The number of hydrogen-bond donors (Lipinski definition) is 0. The molecule has 2 aromatic heterocycles. The van der Waals surface area contributed by atoms with Gasteiger partial charge in [-0.25, -0.2) is 4.98 Å². The highest BCUT2D eigenvalue weighted by Gasteiger charge is 2.30. The number of furan rings is 1. The zero-order valence-electron chi connectivity index (χ0n) is 16.0. The molecule has 0 amide bonds. The van der Waals surface area contributed by atoms with E-state index in [4.69, 9.17) is 13.6 Å². The first kappa shape index (κ1) is 20.7. The first-order valence-electron chi connectivity index (χ1n) is 9.12. The van der Waals surface area contributed by atoms with Crippen molar-refractivity contribution in [1.82, 2.24) is 4.98 Å². The number of ether oxygens (including phenoxy) is 1. The Morgan fingerprint density at radius 2 is 1.86 bits per heavy atom. The van der Waals surface area contributed by atoms with Gasteiger partial charge in [0.25, 0.3) is 0 Å². The predicted octanol–water partition coefficient (Wildman–Crippen LogP) is 5.15. The number of alkyl halides is 3. The van der Waals surface area contributed by atoms with Gasteiger partial charge in [-0.1, -0.05) is 12.1 Å². The second-order valence-electron chi connectivity index (χ2n) is 6.47. The number of esters is 1. The van der Waals surface area contributed by atoms with Crippen LogP contribution in [0.25, 0.3) is 11.3 Å². The zero-order chi connectivity index (χ0) is 21.0. The van der Waals surface area contributed by atoms with Gasteiger partial charge in [-0.15, -0.1) is 0 Å². The molecule has 0 saturated heterocycles. The lowest BCUT2D eigenvalue weighted by Gasteiger charge is -2.06. The highest BCUT2D eigenvalue weighted by Crippen LogP contribution is 2.32. The molecule has 8 heteroatoms. The Hall–Kier alpha value is -3.03. The Kier molecular flexibility index (Phi) is 6.10. The lowest BCUT2D eigenvalue weighted by Crippen LogP contribution is -2.06. The van der Waals surface area contributed by atoms with Crippen molar-refractivity contribution >= 4 is 5.97 Å². The fraction of sp³-hybridized carbons (Fsp3) is 0.333. The zero-order valence-corrected chi connectivity index (χ0v) is 16.0. The van der Waals surface area contributed by atoms with E-state index in [1.807, 2.05) is 0 Å². The number of oxazole rings is 1. The highest BCUT2D eigenvalue weighted by molar-refractivity contribution is 5.71. The number of carbonyl (C=O) groups is 1. The van der Waals surface area contributed by atoms with Crippen LogP contribution in [0.2, 0.25) is 0 Å². The van der Waals surface area contributed by atoms with Crippen LogP contribution in [-0.4, -0.2) is 17.6 Å². The molecule has 3 aromatic rings. The van der Waals surface area contributed by atoms with Crippen molar-refractivity contribution in [2.45, 2.75) is 39.3 Å². The number of benzene rings is 1. The summed E-state index contributed by atoms with van der Waals surface area (Å²) in [6.45, 7) is 3.83. The number of halogens is 3. The van der Waals surface area contributed by atoms with Gasteiger partial charge < -0.3 is 13.6 Å². The van der Waals surface area contributed by atoms with Gasteiger partial charge in [0.1, 0.15) is 23.7 Å². The van der Waals surface area contributed by atoms with Gasteiger partial charge in [-0.05, 0) is 44.0 Å². The van der Waals surface area contributed by atoms with Crippen LogP contribution < -0.4 is 0 Å². The third-order valence-electron chi connectivity index (χ3n) is 4.35. The van der Waals surface area contributed by atoms with Crippen molar-refractivity contribution in [3.05, 3.63) is 65.1 Å². The third-order valence-corrected chi connectivity index (χ3v) is 4.35. The third kappa shape index (κ3) is 5.28. The van der Waals surface area contributed by atoms with Crippen LogP contribution in [0.5, 0.6) is 0 Å². The summed E-state index contributed by atoms with van der Waals surface area (Å²) in [4.78, 5) is 15.6. The normalized spacial score (nSPS) is 11.6. The van der Waals surface area contributed by atoms with E-state index in [0.29, 0.717) is 48.2 Å². The first-order chi connectivity index (χ1) is 13.8. The summed E-state index contributed by atoms with van der Waals surface area (Å²) < 4.78 is 54.2. The van der Waals surface area contributed by atoms with Gasteiger partial charge in [0.15, 0.2) is 5.89 Å². The van der Waals surface area contributed by atoms with E-state index in [2.05, 4.69) is 4.98 Å². The molecule has 0 aliphatic carbocycles. The summed E-state index contributed by atoms with van der Waals surface area (Å²) in [5.41, 5.74) is 0.775. The number of nitrogens with zero attached hydrogens (tertiary/aromatic N) is 1. The molecule has 0 aliphatic heterocycles. The standard InChI is InChI=1S/C21H20F3NO4/c1-3-27-20(26)11-17-12-25-19(29-17)9-6-15-10-18(28-13(15)2)14-4-7-16(8-5-14)21(22,23)24/h4-5,7-8,10,12H,3,6,9,11H2,1-2H3. The fourth-order valence-electron chi connectivity index (χ4n) is 2.87. The second-order valence-corrected chi connectivity index (χ2v) is 6.47. The van der Waals surface area contributed by atoms with Gasteiger partial charge in [-0.2, -0.15) is 13.2 Å². The van der Waals surface area contributed by atoms with Gasteiger partial charge in [0, 0.05) is 12.0 Å². The number of aryl methyl sites for hydroxylation is 3. The average molecular weight is 407 g/mol. The maximum absolute atomic E-state index is 12.7. The van der Waals surface area contributed by atoms with Crippen molar-refractivity contribution < 1.29 is 31.5 Å². The molecule has 0 fully saturated rings. The molecule has 5 nitrogen and oxygen atoms in total. The molecule has 0 unspecified atom stereocenters. The Bertz CT molecular complexity index is 971. The molecular weight excluding hydrogens is 387 g/mol. The van der Waals surface area contributed by atoms with Crippen molar-refractivity contribution in [2.75, 3.05) is 6.61 Å². The summed E-state index contributed by atoms with van der Waals surface area (Å²) >= 11 is 0. The molecule has 29 heavy (non-hydrogen) atoms. The number of rotatable bonds is 7. The molecule has 3 rings (SSSR count). The van der Waals surface area contributed by atoms with Crippen LogP contribution in [0, 0.1) is 6.92 Å². The minimum atomic E-state index is -4.37. The van der Waals surface area contributed by atoms with E-state index in [9.17, 15) is 18.0 Å². The molecule has 0 atom stereocenters. The van der Waals surface area contributed by atoms with Gasteiger partial charge in [0.2, 0.25) is 0 Å². The molecule has 2 heterocycles. The monoisotopic (exact) mass is 407 g/mol. The predicted molar refractivity (Wildman–Crippen MR) is 98.1 cm³/mol. The highest BCUT2D eigenvalue weighted by atomic mass is 19.4. The summed E-state index contributed by atoms with van der Waals surface area (Å²) in [6, 6.07) is 6.65. The quantitative estimate of drug-likeness (QED) is 0.507. The Morgan fingerprint density at radius 1 is 1.14 bits per heavy atom. The summed E-state index contributed by atoms with van der Waals surface area (Å²) in [5, 5.41) is 0. The second kappa shape index (κ2) is 8.55. The minimum Gasteiger partial charge on any atom is -0.466 e. The van der Waals surface area contributed by atoms with E-state index in [1.165, 1.54) is 18.3 Å². The SMILES string of the molecule is CCOC(=O)Cc1cnc(CCc2cc(-c3ccc(C(F)(F)F)cc3)oc2C)o1. The molecule has 154 valence electrons. The van der Waals surface area contributed by atoms with E-state index in [0.717, 1.165) is 17.7 Å². The van der Waals surface area contributed by atoms with Crippen LogP contribution in [0.3, 0.4) is 0 Å². The smallest absolute Gasteiger partial charge is 0.416 e. The van der Waals surface area contributed by atoms with Crippen molar-refractivity contribution in [3.8, 4) is 11.3 Å². The van der Waals surface area contributed by atoms with Crippen LogP contribution in [0.1, 0.15) is 35.5 Å². The lowest BCUT2D eigenvalue weighted by atomic mass is 10.1. The average Bonchev–Trinajstić information content (AvgIpc) is 3.26. The number of aromatic nitrogens is 1. The summed E-state index contributed by atoms with van der Waals surface area (Å²) in [6.07, 6.45) is -1.76. The Labute approximate surface area is 165 Å². The van der Waals surface area contributed by atoms with Crippen LogP contribution in [0.15, 0.2) is 45.4 Å². The molecular formula is C21H20F3NO4.